The van der Waals surface area contributed by atoms with Crippen LogP contribution < -0.4 is 9.91 Å². The maximum absolute atomic E-state index is 6.06. The van der Waals surface area contributed by atoms with E-state index in [1.807, 2.05) is 24.3 Å². The molecule has 0 unspecified atom stereocenters. The SMILES string of the molecule is CN(C)c1ccc([C@H]2CC(c3ccc(Cl)cc3)=NN2c2ccc(Br)cc2)cc1. The molecule has 142 valence electrons. The normalized spacial score (nSPS) is 16.2. The van der Waals surface area contributed by atoms with Crippen LogP contribution >= 0.6 is 27.5 Å². The number of anilines is 2. The van der Waals surface area contributed by atoms with Crippen LogP contribution in [0.1, 0.15) is 23.6 Å². The van der Waals surface area contributed by atoms with Gasteiger partial charge in [0.25, 0.3) is 0 Å². The van der Waals surface area contributed by atoms with E-state index >= 15 is 0 Å². The lowest BCUT2D eigenvalue weighted by Gasteiger charge is -2.24. The van der Waals surface area contributed by atoms with Gasteiger partial charge >= 0.3 is 0 Å². The smallest absolute Gasteiger partial charge is 0.0831 e. The van der Waals surface area contributed by atoms with Crippen molar-refractivity contribution in [1.29, 1.82) is 0 Å². The average Bonchev–Trinajstić information content (AvgIpc) is 3.14. The fourth-order valence-electron chi connectivity index (χ4n) is 3.41. The Morgan fingerprint density at radius 2 is 1.57 bits per heavy atom. The minimum Gasteiger partial charge on any atom is -0.378 e. The molecule has 28 heavy (non-hydrogen) atoms. The summed E-state index contributed by atoms with van der Waals surface area (Å²) in [5, 5.41) is 7.85. The molecular formula is C23H21BrClN3. The summed E-state index contributed by atoms with van der Waals surface area (Å²) in [7, 11) is 4.11. The van der Waals surface area contributed by atoms with E-state index < -0.39 is 0 Å². The average molecular weight is 455 g/mol. The van der Waals surface area contributed by atoms with Crippen molar-refractivity contribution in [3.05, 3.63) is 93.4 Å². The van der Waals surface area contributed by atoms with Crippen molar-refractivity contribution in [2.45, 2.75) is 12.5 Å². The number of halogens is 2. The summed E-state index contributed by atoms with van der Waals surface area (Å²) in [6.45, 7) is 0. The molecule has 0 aliphatic carbocycles. The lowest BCUT2D eigenvalue weighted by atomic mass is 9.98. The highest BCUT2D eigenvalue weighted by Gasteiger charge is 2.30. The van der Waals surface area contributed by atoms with Gasteiger partial charge < -0.3 is 4.90 Å². The molecule has 4 rings (SSSR count). The Hall–Kier alpha value is -2.30. The van der Waals surface area contributed by atoms with Crippen LogP contribution in [-0.2, 0) is 0 Å². The molecule has 3 aromatic rings. The highest BCUT2D eigenvalue weighted by molar-refractivity contribution is 9.10. The van der Waals surface area contributed by atoms with Crippen molar-refractivity contribution in [1.82, 2.24) is 0 Å². The van der Waals surface area contributed by atoms with Crippen LogP contribution in [0, 0.1) is 0 Å². The summed E-state index contributed by atoms with van der Waals surface area (Å²) in [6.07, 6.45) is 0.846. The number of hydrazone groups is 1. The third-order valence-corrected chi connectivity index (χ3v) is 5.75. The van der Waals surface area contributed by atoms with Crippen molar-refractivity contribution in [3.63, 3.8) is 0 Å². The van der Waals surface area contributed by atoms with Gasteiger partial charge in [0.1, 0.15) is 0 Å². The van der Waals surface area contributed by atoms with E-state index in [1.54, 1.807) is 0 Å². The Balaban J connectivity index is 1.71. The molecule has 0 saturated heterocycles. The van der Waals surface area contributed by atoms with Gasteiger partial charge in [-0.05, 0) is 59.7 Å². The van der Waals surface area contributed by atoms with E-state index in [2.05, 4.69) is 88.5 Å². The van der Waals surface area contributed by atoms with Gasteiger partial charge in [-0.25, -0.2) is 0 Å². The first-order chi connectivity index (χ1) is 13.5. The van der Waals surface area contributed by atoms with E-state index in [0.717, 1.165) is 32.9 Å². The summed E-state index contributed by atoms with van der Waals surface area (Å²) in [5.41, 5.74) is 5.70. The van der Waals surface area contributed by atoms with E-state index in [4.69, 9.17) is 16.7 Å². The van der Waals surface area contributed by atoms with Crippen LogP contribution in [0.15, 0.2) is 82.4 Å². The Bertz CT molecular complexity index is 980. The minimum atomic E-state index is 0.156. The van der Waals surface area contributed by atoms with Crippen molar-refractivity contribution >= 4 is 44.6 Å². The molecule has 0 spiro atoms. The first-order valence-corrected chi connectivity index (χ1v) is 10.3. The second-order valence-electron chi connectivity index (χ2n) is 7.08. The van der Waals surface area contributed by atoms with E-state index in [1.165, 1.54) is 11.3 Å². The molecule has 0 N–H and O–H groups in total. The number of benzene rings is 3. The molecule has 5 heteroatoms. The largest absolute Gasteiger partial charge is 0.378 e. The number of hydrogen-bond acceptors (Lipinski definition) is 3. The zero-order valence-corrected chi connectivity index (χ0v) is 18.2. The van der Waals surface area contributed by atoms with Gasteiger partial charge in [0.05, 0.1) is 17.4 Å². The molecule has 3 aromatic carbocycles. The molecule has 0 radical (unpaired) electrons. The molecule has 1 heterocycles. The van der Waals surface area contributed by atoms with Crippen LogP contribution in [0.2, 0.25) is 5.02 Å². The Labute approximate surface area is 179 Å². The maximum Gasteiger partial charge on any atom is 0.0831 e. The maximum atomic E-state index is 6.06. The molecule has 0 amide bonds. The van der Waals surface area contributed by atoms with Gasteiger partial charge in [-0.15, -0.1) is 0 Å². The third kappa shape index (κ3) is 3.94. The molecule has 1 atom stereocenters. The van der Waals surface area contributed by atoms with Gasteiger partial charge in [0.15, 0.2) is 0 Å². The number of rotatable bonds is 4. The zero-order valence-electron chi connectivity index (χ0n) is 15.8. The van der Waals surface area contributed by atoms with Crippen LogP contribution in [0.5, 0.6) is 0 Å². The van der Waals surface area contributed by atoms with Crippen molar-refractivity contribution < 1.29 is 0 Å². The van der Waals surface area contributed by atoms with Crippen molar-refractivity contribution in [2.24, 2.45) is 5.10 Å². The summed E-state index contributed by atoms with van der Waals surface area (Å²) in [6, 6.07) is 25.1. The molecule has 3 nitrogen and oxygen atoms in total. The van der Waals surface area contributed by atoms with Crippen molar-refractivity contribution in [3.8, 4) is 0 Å². The van der Waals surface area contributed by atoms with Crippen LogP contribution in [0.4, 0.5) is 11.4 Å². The van der Waals surface area contributed by atoms with Crippen molar-refractivity contribution in [2.75, 3.05) is 24.0 Å². The first kappa shape index (κ1) is 19.0. The monoisotopic (exact) mass is 453 g/mol. The second kappa shape index (κ2) is 7.98. The Morgan fingerprint density at radius 3 is 2.18 bits per heavy atom. The third-order valence-electron chi connectivity index (χ3n) is 4.97. The molecule has 0 bridgehead atoms. The molecule has 0 saturated carbocycles. The number of nitrogens with zero attached hydrogens (tertiary/aromatic N) is 3. The fourth-order valence-corrected chi connectivity index (χ4v) is 3.80. The Morgan fingerprint density at radius 1 is 0.929 bits per heavy atom. The lowest BCUT2D eigenvalue weighted by Crippen LogP contribution is -2.18. The van der Waals surface area contributed by atoms with Crippen LogP contribution in [0.25, 0.3) is 0 Å². The van der Waals surface area contributed by atoms with E-state index in [0.29, 0.717) is 0 Å². The highest BCUT2D eigenvalue weighted by atomic mass is 79.9. The molecular weight excluding hydrogens is 434 g/mol. The summed E-state index contributed by atoms with van der Waals surface area (Å²) < 4.78 is 1.06. The summed E-state index contributed by atoms with van der Waals surface area (Å²) in [4.78, 5) is 2.11. The van der Waals surface area contributed by atoms with E-state index in [9.17, 15) is 0 Å². The molecule has 1 aliphatic heterocycles. The van der Waals surface area contributed by atoms with Gasteiger partial charge in [0.2, 0.25) is 0 Å². The number of hydrogen-bond donors (Lipinski definition) is 0. The second-order valence-corrected chi connectivity index (χ2v) is 8.43. The summed E-state index contributed by atoms with van der Waals surface area (Å²) >= 11 is 9.58. The van der Waals surface area contributed by atoms with Crippen LogP contribution in [0.3, 0.4) is 0 Å². The van der Waals surface area contributed by atoms with E-state index in [-0.39, 0.29) is 6.04 Å². The molecule has 1 aliphatic rings. The predicted octanol–water partition coefficient (Wildman–Crippen LogP) is 6.52. The Kier molecular flexibility index (Phi) is 5.42. The van der Waals surface area contributed by atoms with Gasteiger partial charge in [-0.1, -0.05) is 51.8 Å². The van der Waals surface area contributed by atoms with Gasteiger partial charge in [-0.2, -0.15) is 5.10 Å². The first-order valence-electron chi connectivity index (χ1n) is 9.17. The molecule has 0 aromatic heterocycles. The zero-order chi connectivity index (χ0) is 19.7. The summed E-state index contributed by atoms with van der Waals surface area (Å²) in [5.74, 6) is 0. The lowest BCUT2D eigenvalue weighted by molar-refractivity contribution is 0.709. The standard InChI is InChI=1S/C23H21BrClN3/c1-27(2)20-11-5-17(6-12-20)23-15-22(16-3-9-19(25)10-4-16)26-28(23)21-13-7-18(24)8-14-21/h3-14,23H,15H2,1-2H3/t23-/m1/s1. The predicted molar refractivity (Wildman–Crippen MR) is 123 cm³/mol. The van der Waals surface area contributed by atoms with Crippen LogP contribution in [-0.4, -0.2) is 19.8 Å². The van der Waals surface area contributed by atoms with Gasteiger partial charge in [0, 0.05) is 35.7 Å². The highest BCUT2D eigenvalue weighted by Crippen LogP contribution is 2.37. The molecule has 0 fully saturated rings. The minimum absolute atomic E-state index is 0.156. The quantitative estimate of drug-likeness (QED) is 0.446. The fraction of sp³-hybridized carbons (Fsp3) is 0.174. The topological polar surface area (TPSA) is 18.8 Å². The van der Waals surface area contributed by atoms with Gasteiger partial charge in [-0.3, -0.25) is 5.01 Å².